The molecule has 1 aromatic carbocycles. The van der Waals surface area contributed by atoms with Gasteiger partial charge < -0.3 is 14.3 Å². The van der Waals surface area contributed by atoms with Gasteiger partial charge in [-0.25, -0.2) is 4.98 Å². The molecule has 1 N–H and O–H groups in total. The molecule has 5 heteroatoms. The number of hydrogen-bond acceptors (Lipinski definition) is 4. The Balaban J connectivity index is 2.25. The number of aromatic nitrogens is 1. The second kappa shape index (κ2) is 4.22. The third kappa shape index (κ3) is 2.13. The predicted octanol–water partition coefficient (Wildman–Crippen LogP) is 1.85. The minimum Gasteiger partial charge on any atom is -0.497 e. The van der Waals surface area contributed by atoms with Gasteiger partial charge in [-0.1, -0.05) is 0 Å². The van der Waals surface area contributed by atoms with Crippen LogP contribution >= 0.6 is 0 Å². The first-order chi connectivity index (χ1) is 7.69. The van der Waals surface area contributed by atoms with Gasteiger partial charge in [0, 0.05) is 12.5 Å². The van der Waals surface area contributed by atoms with Crippen molar-refractivity contribution in [3.05, 3.63) is 24.1 Å². The third-order valence-corrected chi connectivity index (χ3v) is 2.19. The molecular weight excluding hydrogens is 210 g/mol. The maximum Gasteiger partial charge on any atom is 0.303 e. The predicted molar refractivity (Wildman–Crippen MR) is 56.5 cm³/mol. The minimum atomic E-state index is -0.861. The van der Waals surface area contributed by atoms with E-state index in [4.69, 9.17) is 14.3 Å². The van der Waals surface area contributed by atoms with Crippen LogP contribution in [0.4, 0.5) is 0 Å². The molecule has 84 valence electrons. The van der Waals surface area contributed by atoms with Crippen molar-refractivity contribution in [1.82, 2.24) is 4.98 Å². The average molecular weight is 221 g/mol. The van der Waals surface area contributed by atoms with E-state index < -0.39 is 5.97 Å². The summed E-state index contributed by atoms with van der Waals surface area (Å²) in [6.07, 6.45) is 0.316. The molecule has 2 aromatic rings. The summed E-state index contributed by atoms with van der Waals surface area (Å²) in [5, 5.41) is 8.54. The van der Waals surface area contributed by atoms with E-state index in [0.717, 1.165) is 0 Å². The molecule has 0 saturated heterocycles. The van der Waals surface area contributed by atoms with E-state index >= 15 is 0 Å². The van der Waals surface area contributed by atoms with Crippen molar-refractivity contribution < 1.29 is 19.1 Å². The van der Waals surface area contributed by atoms with E-state index in [9.17, 15) is 4.79 Å². The summed E-state index contributed by atoms with van der Waals surface area (Å²) in [5.41, 5.74) is 1.32. The van der Waals surface area contributed by atoms with Gasteiger partial charge in [0.1, 0.15) is 11.3 Å². The van der Waals surface area contributed by atoms with Crippen LogP contribution in [0.25, 0.3) is 11.1 Å². The number of benzene rings is 1. The number of fused-ring (bicyclic) bond motifs is 1. The Morgan fingerprint density at radius 1 is 1.56 bits per heavy atom. The molecule has 0 fully saturated rings. The average Bonchev–Trinajstić information content (AvgIpc) is 2.67. The highest BCUT2D eigenvalue weighted by molar-refractivity contribution is 5.74. The van der Waals surface area contributed by atoms with Gasteiger partial charge in [0.15, 0.2) is 11.5 Å². The molecule has 1 heterocycles. The fraction of sp³-hybridized carbons (Fsp3) is 0.273. The number of nitrogens with zero attached hydrogens (tertiary/aromatic N) is 1. The Morgan fingerprint density at radius 3 is 3.06 bits per heavy atom. The molecule has 2 rings (SSSR count). The molecule has 0 aliphatic rings. The second-order valence-corrected chi connectivity index (χ2v) is 3.33. The number of ether oxygens (including phenoxy) is 1. The Hall–Kier alpha value is -2.04. The molecule has 0 aliphatic heterocycles. The van der Waals surface area contributed by atoms with Crippen LogP contribution in [-0.2, 0) is 11.2 Å². The minimum absolute atomic E-state index is 0.0178. The van der Waals surface area contributed by atoms with Crippen LogP contribution in [0.1, 0.15) is 12.3 Å². The van der Waals surface area contributed by atoms with E-state index in [0.29, 0.717) is 29.2 Å². The lowest BCUT2D eigenvalue weighted by Crippen LogP contribution is -1.97. The largest absolute Gasteiger partial charge is 0.497 e. The summed E-state index contributed by atoms with van der Waals surface area (Å²) < 4.78 is 10.4. The Bertz CT molecular complexity index is 518. The fourth-order valence-electron chi connectivity index (χ4n) is 1.40. The lowest BCUT2D eigenvalue weighted by molar-refractivity contribution is -0.137. The number of hydrogen-bond donors (Lipinski definition) is 1. The summed E-state index contributed by atoms with van der Waals surface area (Å²) in [6.45, 7) is 0. The Morgan fingerprint density at radius 2 is 2.38 bits per heavy atom. The molecular formula is C11H11NO4. The van der Waals surface area contributed by atoms with Crippen molar-refractivity contribution in [2.45, 2.75) is 12.8 Å². The van der Waals surface area contributed by atoms with E-state index in [2.05, 4.69) is 4.98 Å². The van der Waals surface area contributed by atoms with Crippen molar-refractivity contribution in [2.24, 2.45) is 0 Å². The lowest BCUT2D eigenvalue weighted by atomic mass is 10.3. The van der Waals surface area contributed by atoms with Gasteiger partial charge in [0.05, 0.1) is 13.5 Å². The number of carboxylic acids is 1. The molecule has 0 radical (unpaired) electrons. The van der Waals surface area contributed by atoms with Crippen molar-refractivity contribution in [1.29, 1.82) is 0 Å². The molecule has 0 atom stereocenters. The lowest BCUT2D eigenvalue weighted by Gasteiger charge is -1.95. The Kier molecular flexibility index (Phi) is 2.76. The molecule has 0 aliphatic carbocycles. The van der Waals surface area contributed by atoms with Crippen LogP contribution in [0.2, 0.25) is 0 Å². The maximum atomic E-state index is 10.4. The van der Waals surface area contributed by atoms with Gasteiger partial charge in [0.2, 0.25) is 0 Å². The van der Waals surface area contributed by atoms with Gasteiger partial charge in [-0.15, -0.1) is 0 Å². The highest BCUT2D eigenvalue weighted by atomic mass is 16.5. The summed E-state index contributed by atoms with van der Waals surface area (Å²) in [6, 6.07) is 5.28. The van der Waals surface area contributed by atoms with Crippen LogP contribution in [0.15, 0.2) is 22.6 Å². The number of methoxy groups -OCH3 is 1. The quantitative estimate of drug-likeness (QED) is 0.852. The number of aliphatic carboxylic acids is 1. The first-order valence-corrected chi connectivity index (χ1v) is 4.84. The number of oxazole rings is 1. The first kappa shape index (κ1) is 10.5. The second-order valence-electron chi connectivity index (χ2n) is 3.33. The van der Waals surface area contributed by atoms with Crippen molar-refractivity contribution in [2.75, 3.05) is 7.11 Å². The molecule has 0 spiro atoms. The molecule has 1 aromatic heterocycles. The fourth-order valence-corrected chi connectivity index (χ4v) is 1.40. The van der Waals surface area contributed by atoms with Crippen molar-refractivity contribution in [3.63, 3.8) is 0 Å². The summed E-state index contributed by atoms with van der Waals surface area (Å²) in [7, 11) is 1.58. The van der Waals surface area contributed by atoms with Crippen LogP contribution in [0, 0.1) is 0 Å². The highest BCUT2D eigenvalue weighted by Crippen LogP contribution is 2.21. The maximum absolute atomic E-state index is 10.4. The zero-order valence-electron chi connectivity index (χ0n) is 8.77. The molecule has 16 heavy (non-hydrogen) atoms. The van der Waals surface area contributed by atoms with Gasteiger partial charge in [-0.2, -0.15) is 0 Å². The van der Waals surface area contributed by atoms with E-state index in [1.165, 1.54) is 0 Å². The number of rotatable bonds is 4. The zero-order chi connectivity index (χ0) is 11.5. The van der Waals surface area contributed by atoms with Crippen LogP contribution in [0.3, 0.4) is 0 Å². The van der Waals surface area contributed by atoms with Crippen LogP contribution < -0.4 is 4.74 Å². The van der Waals surface area contributed by atoms with Crippen molar-refractivity contribution >= 4 is 17.1 Å². The van der Waals surface area contributed by atoms with E-state index in [1.54, 1.807) is 25.3 Å². The van der Waals surface area contributed by atoms with Gasteiger partial charge in [0.25, 0.3) is 0 Å². The van der Waals surface area contributed by atoms with Crippen LogP contribution in [0.5, 0.6) is 5.75 Å². The molecule has 0 bridgehead atoms. The molecule has 0 amide bonds. The molecule has 0 unspecified atom stereocenters. The topological polar surface area (TPSA) is 72.6 Å². The summed E-state index contributed by atoms with van der Waals surface area (Å²) in [4.78, 5) is 14.6. The van der Waals surface area contributed by atoms with E-state index in [1.807, 2.05) is 0 Å². The number of carboxylic acid groups (broad SMARTS) is 1. The van der Waals surface area contributed by atoms with Gasteiger partial charge >= 0.3 is 5.97 Å². The summed E-state index contributed by atoms with van der Waals surface area (Å²) >= 11 is 0. The normalized spacial score (nSPS) is 10.6. The van der Waals surface area contributed by atoms with E-state index in [-0.39, 0.29) is 6.42 Å². The van der Waals surface area contributed by atoms with Gasteiger partial charge in [-0.3, -0.25) is 4.79 Å². The SMILES string of the molecule is COc1ccc2oc(CCC(=O)O)nc2c1. The Labute approximate surface area is 91.7 Å². The molecule has 0 saturated carbocycles. The third-order valence-electron chi connectivity index (χ3n) is 2.19. The monoisotopic (exact) mass is 221 g/mol. The molecule has 5 nitrogen and oxygen atoms in total. The zero-order valence-corrected chi connectivity index (χ0v) is 8.77. The number of carbonyl (C=O) groups is 1. The van der Waals surface area contributed by atoms with Crippen molar-refractivity contribution in [3.8, 4) is 5.75 Å². The highest BCUT2D eigenvalue weighted by Gasteiger charge is 2.08. The van der Waals surface area contributed by atoms with Crippen LogP contribution in [-0.4, -0.2) is 23.2 Å². The first-order valence-electron chi connectivity index (χ1n) is 4.84. The summed E-state index contributed by atoms with van der Waals surface area (Å²) in [5.74, 6) is 0.274. The standard InChI is InChI=1S/C11H11NO4/c1-15-7-2-3-9-8(6-7)12-10(16-9)4-5-11(13)14/h2-3,6H,4-5H2,1H3,(H,13,14). The van der Waals surface area contributed by atoms with Gasteiger partial charge in [-0.05, 0) is 12.1 Å². The smallest absolute Gasteiger partial charge is 0.303 e. The number of aryl methyl sites for hydroxylation is 1.